The molecule has 0 saturated heterocycles. The van der Waals surface area contributed by atoms with Gasteiger partial charge in [-0.1, -0.05) is 30.3 Å². The van der Waals surface area contributed by atoms with Crippen molar-refractivity contribution in [3.63, 3.8) is 0 Å². The summed E-state index contributed by atoms with van der Waals surface area (Å²) in [5.41, 5.74) is -0.158. The smallest absolute Gasteiger partial charge is 0.363 e. The Balaban J connectivity index is 2.08. The zero-order valence-corrected chi connectivity index (χ0v) is 14.6. The van der Waals surface area contributed by atoms with Crippen LogP contribution in [0.3, 0.4) is 0 Å². The van der Waals surface area contributed by atoms with Crippen LogP contribution >= 0.6 is 0 Å². The molecule has 140 valence electrons. The number of amides is 1. The molecular weight excluding hydrogens is 347 g/mol. The Bertz CT molecular complexity index is 750. The predicted octanol–water partition coefficient (Wildman–Crippen LogP) is 2.68. The number of carbonyl (C=O) groups excluding carboxylic acids is 1. The maximum absolute atomic E-state index is 13.0. The van der Waals surface area contributed by atoms with E-state index in [0.717, 1.165) is 11.6 Å². The first-order valence-electron chi connectivity index (χ1n) is 7.88. The van der Waals surface area contributed by atoms with E-state index in [1.807, 2.05) is 30.3 Å². The number of anilines is 2. The van der Waals surface area contributed by atoms with E-state index in [1.165, 1.54) is 11.8 Å². The molecule has 1 heterocycles. The van der Waals surface area contributed by atoms with Crippen molar-refractivity contribution >= 4 is 17.7 Å². The predicted molar refractivity (Wildman–Crippen MR) is 92.7 cm³/mol. The van der Waals surface area contributed by atoms with Crippen LogP contribution < -0.4 is 15.5 Å². The van der Waals surface area contributed by atoms with Gasteiger partial charge in [0.15, 0.2) is 5.69 Å². The van der Waals surface area contributed by atoms with Gasteiger partial charge in [-0.05, 0) is 12.5 Å². The van der Waals surface area contributed by atoms with Crippen LogP contribution in [0.15, 0.2) is 36.4 Å². The summed E-state index contributed by atoms with van der Waals surface area (Å²) < 4.78 is 39.0. The van der Waals surface area contributed by atoms with E-state index in [4.69, 9.17) is 0 Å². The molecule has 0 radical (unpaired) electrons. The fraction of sp³-hybridized carbons (Fsp3) is 0.353. The number of alkyl halides is 3. The summed E-state index contributed by atoms with van der Waals surface area (Å²) in [6, 6.07) is 9.33. The first kappa shape index (κ1) is 19.5. The number of aromatic nitrogens is 2. The summed E-state index contributed by atoms with van der Waals surface area (Å²) >= 11 is 0. The van der Waals surface area contributed by atoms with Crippen molar-refractivity contribution in [1.82, 2.24) is 15.3 Å². The lowest BCUT2D eigenvalue weighted by Crippen LogP contribution is -2.37. The summed E-state index contributed by atoms with van der Waals surface area (Å²) in [6.45, 7) is 1.84. The first-order chi connectivity index (χ1) is 12.2. The molecule has 2 rings (SSSR count). The fourth-order valence-electron chi connectivity index (χ4n) is 2.07. The van der Waals surface area contributed by atoms with E-state index in [2.05, 4.69) is 20.6 Å². The van der Waals surface area contributed by atoms with Gasteiger partial charge in [-0.3, -0.25) is 4.79 Å². The van der Waals surface area contributed by atoms with Crippen molar-refractivity contribution in [3.05, 3.63) is 47.7 Å². The number of halogens is 3. The maximum atomic E-state index is 13.0. The molecule has 0 spiro atoms. The van der Waals surface area contributed by atoms with Crippen LogP contribution in [0.25, 0.3) is 0 Å². The van der Waals surface area contributed by atoms with Gasteiger partial charge < -0.3 is 15.5 Å². The summed E-state index contributed by atoms with van der Waals surface area (Å²) in [5, 5.41) is 5.34. The number of nitrogens with one attached hydrogen (secondary N) is 2. The van der Waals surface area contributed by atoms with E-state index in [-0.39, 0.29) is 17.7 Å². The van der Waals surface area contributed by atoms with Crippen LogP contribution in [0.4, 0.5) is 24.9 Å². The third-order valence-electron chi connectivity index (χ3n) is 3.51. The second-order valence-electron chi connectivity index (χ2n) is 5.90. The van der Waals surface area contributed by atoms with Gasteiger partial charge in [0.05, 0.1) is 0 Å². The van der Waals surface area contributed by atoms with Crippen molar-refractivity contribution < 1.29 is 18.0 Å². The number of rotatable bonds is 6. The van der Waals surface area contributed by atoms with Crippen molar-refractivity contribution in [3.8, 4) is 0 Å². The normalized spacial score (nSPS) is 12.4. The Morgan fingerprint density at radius 1 is 1.19 bits per heavy atom. The van der Waals surface area contributed by atoms with E-state index in [0.29, 0.717) is 6.54 Å². The van der Waals surface area contributed by atoms with Crippen LogP contribution in [-0.4, -0.2) is 36.0 Å². The van der Waals surface area contributed by atoms with E-state index < -0.39 is 17.9 Å². The van der Waals surface area contributed by atoms with Crippen LogP contribution in [0.2, 0.25) is 0 Å². The molecule has 2 aromatic rings. The van der Waals surface area contributed by atoms with Gasteiger partial charge in [0, 0.05) is 26.7 Å². The molecule has 1 aromatic carbocycles. The summed E-state index contributed by atoms with van der Waals surface area (Å²) in [7, 11) is 3.14. The van der Waals surface area contributed by atoms with E-state index >= 15 is 0 Å². The van der Waals surface area contributed by atoms with Gasteiger partial charge in [0.25, 0.3) is 0 Å². The monoisotopic (exact) mass is 367 g/mol. The van der Waals surface area contributed by atoms with E-state index in [9.17, 15) is 18.0 Å². The largest absolute Gasteiger partial charge is 0.433 e. The lowest BCUT2D eigenvalue weighted by atomic mass is 10.2. The molecule has 1 aromatic heterocycles. The summed E-state index contributed by atoms with van der Waals surface area (Å²) in [5.74, 6) is -0.543. The first-order valence-corrected chi connectivity index (χ1v) is 7.88. The number of hydrogen-bond donors (Lipinski definition) is 2. The summed E-state index contributed by atoms with van der Waals surface area (Å²) in [6.07, 6.45) is -4.61. The Morgan fingerprint density at radius 3 is 2.42 bits per heavy atom. The van der Waals surface area contributed by atoms with Crippen LogP contribution in [-0.2, 0) is 17.5 Å². The van der Waals surface area contributed by atoms with Crippen LogP contribution in [0.5, 0.6) is 0 Å². The molecule has 1 unspecified atom stereocenters. The van der Waals surface area contributed by atoms with Crippen LogP contribution in [0, 0.1) is 0 Å². The van der Waals surface area contributed by atoms with Crippen molar-refractivity contribution in [2.45, 2.75) is 25.7 Å². The zero-order chi connectivity index (χ0) is 19.3. The van der Waals surface area contributed by atoms with Gasteiger partial charge in [-0.15, -0.1) is 0 Å². The van der Waals surface area contributed by atoms with Crippen LogP contribution in [0.1, 0.15) is 18.2 Å². The molecule has 0 saturated carbocycles. The third-order valence-corrected chi connectivity index (χ3v) is 3.51. The molecule has 6 nitrogen and oxygen atoms in total. The highest BCUT2D eigenvalue weighted by atomic mass is 19.4. The van der Waals surface area contributed by atoms with Gasteiger partial charge >= 0.3 is 6.18 Å². The number of nitrogens with zero attached hydrogens (tertiary/aromatic N) is 3. The molecule has 0 aliphatic rings. The van der Waals surface area contributed by atoms with Gasteiger partial charge in [0.1, 0.15) is 11.9 Å². The zero-order valence-electron chi connectivity index (χ0n) is 14.6. The number of benzene rings is 1. The maximum Gasteiger partial charge on any atom is 0.433 e. The molecule has 1 amide bonds. The second-order valence-corrected chi connectivity index (χ2v) is 5.90. The standard InChI is InChI=1S/C17H20F3N5O/c1-11(15(26)21-10-12-7-5-4-6-8-12)22-16-23-13(17(18,19)20)9-14(24-16)25(2)3/h4-9,11H,10H2,1-3H3,(H,21,26)(H,22,23,24). The topological polar surface area (TPSA) is 70.2 Å². The van der Waals surface area contributed by atoms with Crippen molar-refractivity contribution in [2.24, 2.45) is 0 Å². The number of carbonyl (C=O) groups is 1. The van der Waals surface area contributed by atoms with Gasteiger partial charge in [-0.2, -0.15) is 18.2 Å². The van der Waals surface area contributed by atoms with Crippen molar-refractivity contribution in [2.75, 3.05) is 24.3 Å². The molecule has 0 fully saturated rings. The molecule has 9 heteroatoms. The molecule has 0 aliphatic carbocycles. The second kappa shape index (κ2) is 8.03. The molecule has 2 N–H and O–H groups in total. The third kappa shape index (κ3) is 5.33. The lowest BCUT2D eigenvalue weighted by molar-refractivity contribution is -0.141. The summed E-state index contributed by atoms with van der Waals surface area (Å²) in [4.78, 5) is 21.1. The molecule has 1 atom stereocenters. The number of hydrogen-bond acceptors (Lipinski definition) is 5. The fourth-order valence-corrected chi connectivity index (χ4v) is 2.07. The minimum Gasteiger partial charge on any atom is -0.363 e. The quantitative estimate of drug-likeness (QED) is 0.822. The highest BCUT2D eigenvalue weighted by molar-refractivity contribution is 5.83. The average molecular weight is 367 g/mol. The Kier molecular flexibility index (Phi) is 6.01. The molecule has 26 heavy (non-hydrogen) atoms. The Morgan fingerprint density at radius 2 is 1.85 bits per heavy atom. The Labute approximate surface area is 149 Å². The minimum absolute atomic E-state index is 0.0896. The Hall–Kier alpha value is -2.84. The molecule has 0 bridgehead atoms. The molecule has 0 aliphatic heterocycles. The van der Waals surface area contributed by atoms with Gasteiger partial charge in [-0.25, -0.2) is 4.98 Å². The SMILES string of the molecule is CC(Nc1nc(N(C)C)cc(C(F)(F)F)n1)C(=O)NCc1ccccc1. The minimum atomic E-state index is -4.61. The average Bonchev–Trinajstić information content (AvgIpc) is 2.59. The lowest BCUT2D eigenvalue weighted by Gasteiger charge is -2.18. The highest BCUT2D eigenvalue weighted by Gasteiger charge is 2.34. The molecular formula is C17H20F3N5O. The highest BCUT2D eigenvalue weighted by Crippen LogP contribution is 2.30. The van der Waals surface area contributed by atoms with Gasteiger partial charge in [0.2, 0.25) is 11.9 Å². The van der Waals surface area contributed by atoms with Crippen molar-refractivity contribution in [1.29, 1.82) is 0 Å². The van der Waals surface area contributed by atoms with E-state index in [1.54, 1.807) is 14.1 Å².